The molecule has 0 aromatic heterocycles. The van der Waals surface area contributed by atoms with Gasteiger partial charge in [0, 0.05) is 40.0 Å². The van der Waals surface area contributed by atoms with E-state index in [2.05, 4.69) is 41.6 Å². The van der Waals surface area contributed by atoms with Crippen molar-refractivity contribution < 1.29 is 14.2 Å². The maximum Gasteiger partial charge on any atom is 0.191 e. The molecule has 158 valence electrons. The highest BCUT2D eigenvalue weighted by Crippen LogP contribution is 2.18. The van der Waals surface area contributed by atoms with Crippen LogP contribution in [0.4, 0.5) is 0 Å². The van der Waals surface area contributed by atoms with Crippen LogP contribution in [-0.4, -0.2) is 59.1 Å². The molecule has 0 aliphatic carbocycles. The Morgan fingerprint density at radius 3 is 2.50 bits per heavy atom. The zero-order chi connectivity index (χ0) is 20.0. The van der Waals surface area contributed by atoms with Gasteiger partial charge in [-0.05, 0) is 48.8 Å². The molecule has 6 heteroatoms. The third-order valence-corrected chi connectivity index (χ3v) is 4.89. The highest BCUT2D eigenvalue weighted by molar-refractivity contribution is 5.79. The number of aliphatic imine (C=N–C) groups is 1. The molecule has 2 N–H and O–H groups in total. The first-order valence-electron chi connectivity index (χ1n) is 10.5. The molecule has 0 radical (unpaired) electrons. The van der Waals surface area contributed by atoms with Crippen molar-refractivity contribution >= 4 is 5.96 Å². The van der Waals surface area contributed by atoms with Gasteiger partial charge in [-0.3, -0.25) is 4.99 Å². The van der Waals surface area contributed by atoms with E-state index < -0.39 is 0 Å². The third-order valence-electron chi connectivity index (χ3n) is 4.89. The first kappa shape index (κ1) is 22.5. The van der Waals surface area contributed by atoms with E-state index in [1.54, 1.807) is 7.05 Å². The van der Waals surface area contributed by atoms with Gasteiger partial charge in [-0.2, -0.15) is 0 Å². The molecule has 0 spiro atoms. The quantitative estimate of drug-likeness (QED) is 0.345. The van der Waals surface area contributed by atoms with Crippen LogP contribution in [0.3, 0.4) is 0 Å². The molecular formula is C22H37N3O3. The first-order valence-corrected chi connectivity index (χ1v) is 10.5. The van der Waals surface area contributed by atoms with Crippen LogP contribution >= 0.6 is 0 Å². The van der Waals surface area contributed by atoms with E-state index >= 15 is 0 Å². The van der Waals surface area contributed by atoms with Crippen LogP contribution in [0.1, 0.15) is 44.6 Å². The van der Waals surface area contributed by atoms with Crippen molar-refractivity contribution in [2.24, 2.45) is 10.9 Å². The lowest BCUT2D eigenvalue weighted by Gasteiger charge is -2.21. The summed E-state index contributed by atoms with van der Waals surface area (Å²) in [6.07, 6.45) is 3.21. The van der Waals surface area contributed by atoms with Gasteiger partial charge in [-0.15, -0.1) is 0 Å². The zero-order valence-corrected chi connectivity index (χ0v) is 17.7. The number of nitrogens with one attached hydrogen (secondary N) is 2. The Morgan fingerprint density at radius 1 is 1.11 bits per heavy atom. The van der Waals surface area contributed by atoms with Crippen LogP contribution in [0, 0.1) is 5.92 Å². The van der Waals surface area contributed by atoms with Crippen molar-refractivity contribution in [3.05, 3.63) is 29.8 Å². The summed E-state index contributed by atoms with van der Waals surface area (Å²) in [4.78, 5) is 4.24. The zero-order valence-electron chi connectivity index (χ0n) is 17.7. The summed E-state index contributed by atoms with van der Waals surface area (Å²) in [5, 5.41) is 6.58. The minimum absolute atomic E-state index is 0.539. The number of rotatable bonds is 11. The molecule has 6 nitrogen and oxygen atoms in total. The molecule has 1 aliphatic heterocycles. The van der Waals surface area contributed by atoms with Crippen molar-refractivity contribution in [3.63, 3.8) is 0 Å². The van der Waals surface area contributed by atoms with Gasteiger partial charge in [0.2, 0.25) is 0 Å². The lowest BCUT2D eigenvalue weighted by atomic mass is 10.0. The summed E-state index contributed by atoms with van der Waals surface area (Å²) in [6.45, 7) is 9.90. The fraction of sp³-hybridized carbons (Fsp3) is 0.682. The maximum atomic E-state index is 5.78. The molecule has 0 bridgehead atoms. The van der Waals surface area contributed by atoms with E-state index in [4.69, 9.17) is 14.2 Å². The fourth-order valence-corrected chi connectivity index (χ4v) is 3.05. The van der Waals surface area contributed by atoms with Gasteiger partial charge in [0.25, 0.3) is 0 Å². The molecule has 1 saturated heterocycles. The molecule has 1 heterocycles. The summed E-state index contributed by atoms with van der Waals surface area (Å²) < 4.78 is 16.9. The van der Waals surface area contributed by atoms with Crippen molar-refractivity contribution in [2.45, 2.75) is 39.0 Å². The number of guanidine groups is 1. The fourth-order valence-electron chi connectivity index (χ4n) is 3.05. The largest absolute Gasteiger partial charge is 0.492 e. The Hall–Kier alpha value is -1.79. The standard InChI is InChI=1S/C22H37N3O3/c1-18(2)20-5-7-21(8-6-20)28-16-12-25-22(23-3)24-11-4-13-27-17-19-9-14-26-15-10-19/h5-8,18-19H,4,9-17H2,1-3H3,(H2,23,24,25). The van der Waals surface area contributed by atoms with E-state index in [1.807, 2.05) is 12.1 Å². The average molecular weight is 392 g/mol. The highest BCUT2D eigenvalue weighted by Gasteiger charge is 2.13. The third kappa shape index (κ3) is 8.93. The Kier molecular flexibility index (Phi) is 10.8. The van der Waals surface area contributed by atoms with Gasteiger partial charge in [0.15, 0.2) is 5.96 Å². The lowest BCUT2D eigenvalue weighted by molar-refractivity contribution is 0.0203. The minimum Gasteiger partial charge on any atom is -0.492 e. The molecule has 1 aromatic carbocycles. The predicted octanol–water partition coefficient (Wildman–Crippen LogP) is 3.19. The van der Waals surface area contributed by atoms with Crippen LogP contribution in [0.2, 0.25) is 0 Å². The van der Waals surface area contributed by atoms with E-state index in [0.29, 0.717) is 25.0 Å². The van der Waals surface area contributed by atoms with Gasteiger partial charge in [-0.25, -0.2) is 0 Å². The van der Waals surface area contributed by atoms with Crippen molar-refractivity contribution in [1.29, 1.82) is 0 Å². The predicted molar refractivity (Wildman–Crippen MR) is 114 cm³/mol. The maximum absolute atomic E-state index is 5.78. The van der Waals surface area contributed by atoms with E-state index in [-0.39, 0.29) is 0 Å². The molecule has 0 amide bonds. The van der Waals surface area contributed by atoms with Crippen molar-refractivity contribution in [1.82, 2.24) is 10.6 Å². The van der Waals surface area contributed by atoms with E-state index in [1.165, 1.54) is 5.56 Å². The highest BCUT2D eigenvalue weighted by atomic mass is 16.5. The topological polar surface area (TPSA) is 64.1 Å². The number of ether oxygens (including phenoxy) is 3. The first-order chi connectivity index (χ1) is 13.7. The van der Waals surface area contributed by atoms with Gasteiger partial charge in [-0.1, -0.05) is 26.0 Å². The lowest BCUT2D eigenvalue weighted by Crippen LogP contribution is -2.39. The number of hydrogen-bond donors (Lipinski definition) is 2. The molecular weight excluding hydrogens is 354 g/mol. The van der Waals surface area contributed by atoms with Crippen LogP contribution in [-0.2, 0) is 9.47 Å². The molecule has 1 fully saturated rings. The van der Waals surface area contributed by atoms with Gasteiger partial charge >= 0.3 is 0 Å². The minimum atomic E-state index is 0.539. The van der Waals surface area contributed by atoms with Crippen LogP contribution < -0.4 is 15.4 Å². The summed E-state index contributed by atoms with van der Waals surface area (Å²) in [5.74, 6) is 2.90. The average Bonchev–Trinajstić information content (AvgIpc) is 2.73. The number of nitrogens with zero attached hydrogens (tertiary/aromatic N) is 1. The monoisotopic (exact) mass is 391 g/mol. The Morgan fingerprint density at radius 2 is 1.82 bits per heavy atom. The Balaban J connectivity index is 1.49. The molecule has 1 aromatic rings. The smallest absolute Gasteiger partial charge is 0.191 e. The van der Waals surface area contributed by atoms with Gasteiger partial charge in [0.1, 0.15) is 12.4 Å². The van der Waals surface area contributed by atoms with Crippen molar-refractivity contribution in [3.8, 4) is 5.75 Å². The summed E-state index contributed by atoms with van der Waals surface area (Å²) in [5.41, 5.74) is 1.33. The van der Waals surface area contributed by atoms with Crippen LogP contribution in [0.25, 0.3) is 0 Å². The molecule has 0 unspecified atom stereocenters. The number of hydrogen-bond acceptors (Lipinski definition) is 4. The molecule has 2 rings (SSSR count). The van der Waals surface area contributed by atoms with E-state index in [0.717, 1.165) is 63.9 Å². The van der Waals surface area contributed by atoms with E-state index in [9.17, 15) is 0 Å². The summed E-state index contributed by atoms with van der Waals surface area (Å²) in [7, 11) is 1.78. The second-order valence-electron chi connectivity index (χ2n) is 7.48. The second kappa shape index (κ2) is 13.4. The van der Waals surface area contributed by atoms with Gasteiger partial charge < -0.3 is 24.8 Å². The Bertz CT molecular complexity index is 555. The normalized spacial score (nSPS) is 15.6. The molecule has 28 heavy (non-hydrogen) atoms. The second-order valence-corrected chi connectivity index (χ2v) is 7.48. The number of benzene rings is 1. The molecule has 1 aliphatic rings. The van der Waals surface area contributed by atoms with Crippen LogP contribution in [0.15, 0.2) is 29.3 Å². The van der Waals surface area contributed by atoms with Gasteiger partial charge in [0.05, 0.1) is 6.54 Å². The van der Waals surface area contributed by atoms with Crippen LogP contribution in [0.5, 0.6) is 5.75 Å². The summed E-state index contributed by atoms with van der Waals surface area (Å²) >= 11 is 0. The summed E-state index contributed by atoms with van der Waals surface area (Å²) in [6, 6.07) is 8.31. The molecule has 0 saturated carbocycles. The van der Waals surface area contributed by atoms with Crippen molar-refractivity contribution in [2.75, 3.05) is 53.2 Å². The Labute approximate surface area is 170 Å². The SMILES string of the molecule is CN=C(NCCCOCC1CCOCC1)NCCOc1ccc(C(C)C)cc1. The molecule has 0 atom stereocenters.